The van der Waals surface area contributed by atoms with E-state index in [2.05, 4.69) is 15.8 Å². The summed E-state index contributed by atoms with van der Waals surface area (Å²) in [6.45, 7) is 6.18. The smallest absolute Gasteiger partial charge is 0.142 e. The molecule has 0 heterocycles. The number of nitrogens with one attached hydrogen (secondary N) is 1. The van der Waals surface area contributed by atoms with Gasteiger partial charge in [0.1, 0.15) is 11.0 Å². The SMILES string of the molecule is CC.CCCCCCCCS(O)(NS(=O)c1ccc(N)cc1)OC.COC. The summed E-state index contributed by atoms with van der Waals surface area (Å²) >= 11 is 0. The van der Waals surface area contributed by atoms with Gasteiger partial charge in [-0.05, 0) is 30.7 Å². The topological polar surface area (TPSA) is 93.8 Å². The molecule has 0 aliphatic rings. The fourth-order valence-corrected chi connectivity index (χ4v) is 5.08. The summed E-state index contributed by atoms with van der Waals surface area (Å²) in [5.41, 5.74) is 6.22. The van der Waals surface area contributed by atoms with Crippen LogP contribution in [0.2, 0.25) is 0 Å². The fourth-order valence-electron chi connectivity index (χ4n) is 1.99. The number of unbranched alkanes of at least 4 members (excludes halogenated alkanes) is 5. The summed E-state index contributed by atoms with van der Waals surface area (Å²) in [4.78, 5) is 0.570. The first kappa shape index (κ1) is 28.6. The van der Waals surface area contributed by atoms with E-state index in [4.69, 9.17) is 9.92 Å². The van der Waals surface area contributed by atoms with Crippen LogP contribution >= 0.6 is 10.8 Å². The van der Waals surface area contributed by atoms with Gasteiger partial charge in [0.25, 0.3) is 0 Å². The van der Waals surface area contributed by atoms with E-state index in [0.717, 1.165) is 19.3 Å². The van der Waals surface area contributed by atoms with Crippen LogP contribution in [0.4, 0.5) is 5.69 Å². The van der Waals surface area contributed by atoms with Gasteiger partial charge in [-0.2, -0.15) is 0 Å². The number of anilines is 1. The molecule has 1 aromatic carbocycles. The third kappa shape index (κ3) is 15.0. The van der Waals surface area contributed by atoms with E-state index in [1.807, 2.05) is 13.8 Å². The van der Waals surface area contributed by atoms with Crippen LogP contribution in [-0.4, -0.2) is 35.8 Å². The second kappa shape index (κ2) is 18.7. The molecule has 0 radical (unpaired) electrons. The van der Waals surface area contributed by atoms with Crippen molar-refractivity contribution in [1.82, 2.24) is 4.13 Å². The number of benzene rings is 1. The van der Waals surface area contributed by atoms with Gasteiger partial charge >= 0.3 is 0 Å². The van der Waals surface area contributed by atoms with Crippen molar-refractivity contribution in [3.63, 3.8) is 0 Å². The van der Waals surface area contributed by atoms with Gasteiger partial charge in [-0.3, -0.25) is 8.74 Å². The summed E-state index contributed by atoms with van der Waals surface area (Å²) in [5.74, 6) is 0.482. The Morgan fingerprint density at radius 2 is 1.52 bits per heavy atom. The number of ether oxygens (including phenoxy) is 1. The van der Waals surface area contributed by atoms with Gasteiger partial charge in [-0.25, -0.2) is 4.21 Å². The van der Waals surface area contributed by atoms with Crippen LogP contribution in [0.5, 0.6) is 0 Å². The van der Waals surface area contributed by atoms with E-state index in [0.29, 0.717) is 16.3 Å². The monoisotopic (exact) mass is 424 g/mol. The summed E-state index contributed by atoms with van der Waals surface area (Å²) in [7, 11) is 0.671. The number of nitrogen functional groups attached to an aromatic ring is 1. The average molecular weight is 425 g/mol. The van der Waals surface area contributed by atoms with Gasteiger partial charge < -0.3 is 10.5 Å². The third-order valence-electron chi connectivity index (χ3n) is 3.35. The molecule has 0 aliphatic carbocycles. The Bertz CT molecular complexity index is 475. The zero-order valence-electron chi connectivity index (χ0n) is 17.8. The molecular formula is C19H40N2O4S2. The summed E-state index contributed by atoms with van der Waals surface area (Å²) in [6, 6.07) is 6.73. The van der Waals surface area contributed by atoms with Crippen molar-refractivity contribution in [2.75, 3.05) is 32.8 Å². The van der Waals surface area contributed by atoms with Crippen LogP contribution in [0.25, 0.3) is 0 Å². The Hall–Kier alpha value is -0.640. The van der Waals surface area contributed by atoms with Crippen LogP contribution in [0.1, 0.15) is 59.3 Å². The first-order chi connectivity index (χ1) is 12.9. The summed E-state index contributed by atoms with van der Waals surface area (Å²) in [6.07, 6.45) is 6.76. The van der Waals surface area contributed by atoms with Crippen LogP contribution < -0.4 is 9.86 Å². The highest BCUT2D eigenvalue weighted by molar-refractivity contribution is 8.28. The number of hydrogen-bond donors (Lipinski definition) is 3. The molecule has 1 aromatic rings. The van der Waals surface area contributed by atoms with Crippen LogP contribution in [0.15, 0.2) is 29.2 Å². The maximum atomic E-state index is 12.2. The molecule has 27 heavy (non-hydrogen) atoms. The predicted octanol–water partition coefficient (Wildman–Crippen LogP) is 5.28. The quantitative estimate of drug-likeness (QED) is 0.332. The third-order valence-corrected chi connectivity index (χ3v) is 7.09. The predicted molar refractivity (Wildman–Crippen MR) is 120 cm³/mol. The fraction of sp³-hybridized carbons (Fsp3) is 0.684. The maximum absolute atomic E-state index is 12.2. The number of hydrogen-bond acceptors (Lipinski definition) is 5. The lowest BCUT2D eigenvalue weighted by Crippen LogP contribution is -2.26. The van der Waals surface area contributed by atoms with Crippen molar-refractivity contribution >= 4 is 27.4 Å². The molecule has 4 N–H and O–H groups in total. The molecule has 0 bridgehead atoms. The molecule has 0 aliphatic heterocycles. The molecule has 1 rings (SSSR count). The standard InChI is InChI=1S/C15H28N2O3S2.C2H6O.C2H6/c1-3-4-5-6-7-8-13-22(19,20-2)17-21(18)15-11-9-14(16)10-12-15;1-3-2;1-2/h9-12,17,19H,3-8,13,16H2,1-2H3;1-2H3;1-2H3. The van der Waals surface area contributed by atoms with E-state index in [9.17, 15) is 8.76 Å². The van der Waals surface area contributed by atoms with E-state index >= 15 is 0 Å². The lowest BCUT2D eigenvalue weighted by atomic mass is 10.1. The minimum absolute atomic E-state index is 0.482. The Labute approximate surface area is 170 Å². The van der Waals surface area contributed by atoms with Crippen molar-refractivity contribution in [2.24, 2.45) is 0 Å². The highest BCUT2D eigenvalue weighted by atomic mass is 32.3. The molecular weight excluding hydrogens is 384 g/mol. The van der Waals surface area contributed by atoms with Gasteiger partial charge in [0.15, 0.2) is 0 Å². The molecule has 0 fully saturated rings. The molecule has 0 saturated heterocycles. The number of rotatable bonds is 11. The molecule has 2 unspecified atom stereocenters. The Morgan fingerprint density at radius 3 is 2.00 bits per heavy atom. The molecule has 6 nitrogen and oxygen atoms in total. The second-order valence-corrected chi connectivity index (χ2v) is 9.31. The van der Waals surface area contributed by atoms with E-state index in [-0.39, 0.29) is 0 Å². The van der Waals surface area contributed by atoms with Crippen molar-refractivity contribution in [3.05, 3.63) is 24.3 Å². The highest BCUT2D eigenvalue weighted by Crippen LogP contribution is 2.41. The van der Waals surface area contributed by atoms with E-state index in [1.165, 1.54) is 26.4 Å². The minimum Gasteiger partial charge on any atom is -0.399 e. The highest BCUT2D eigenvalue weighted by Gasteiger charge is 2.19. The zero-order valence-corrected chi connectivity index (χ0v) is 19.5. The minimum atomic E-state index is -2.51. The van der Waals surface area contributed by atoms with Crippen molar-refractivity contribution in [3.8, 4) is 0 Å². The number of nitrogens with two attached hydrogens (primary N) is 1. The lowest BCUT2D eigenvalue weighted by Gasteiger charge is -2.36. The number of methoxy groups -OCH3 is 1. The molecule has 162 valence electrons. The first-order valence-corrected chi connectivity index (χ1v) is 12.3. The zero-order chi connectivity index (χ0) is 21.1. The molecule has 0 saturated carbocycles. The largest absolute Gasteiger partial charge is 0.399 e. The van der Waals surface area contributed by atoms with Crippen LogP contribution in [0.3, 0.4) is 0 Å². The van der Waals surface area contributed by atoms with Gasteiger partial charge in [-0.1, -0.05) is 52.9 Å². The van der Waals surface area contributed by atoms with Crippen molar-refractivity contribution in [2.45, 2.75) is 64.2 Å². The second-order valence-electron chi connectivity index (χ2n) is 5.61. The van der Waals surface area contributed by atoms with Gasteiger partial charge in [-0.15, -0.1) is 14.9 Å². The van der Waals surface area contributed by atoms with Crippen molar-refractivity contribution in [1.29, 1.82) is 0 Å². The Balaban J connectivity index is 0. The molecule has 2 atom stereocenters. The van der Waals surface area contributed by atoms with Crippen molar-refractivity contribution < 1.29 is 17.7 Å². The summed E-state index contributed by atoms with van der Waals surface area (Å²) < 4.78 is 34.9. The van der Waals surface area contributed by atoms with Gasteiger partial charge in [0.2, 0.25) is 0 Å². The molecule has 0 amide bonds. The van der Waals surface area contributed by atoms with E-state index in [1.54, 1.807) is 38.5 Å². The van der Waals surface area contributed by atoms with E-state index < -0.39 is 21.8 Å². The average Bonchev–Trinajstić information content (AvgIpc) is 2.67. The van der Waals surface area contributed by atoms with Gasteiger partial charge in [0, 0.05) is 19.9 Å². The first-order valence-electron chi connectivity index (χ1n) is 9.46. The summed E-state index contributed by atoms with van der Waals surface area (Å²) in [5, 5.41) is 0. The molecule has 0 aromatic heterocycles. The van der Waals surface area contributed by atoms with Crippen LogP contribution in [-0.2, 0) is 19.9 Å². The van der Waals surface area contributed by atoms with Gasteiger partial charge in [0.05, 0.1) is 17.8 Å². The lowest BCUT2D eigenvalue weighted by molar-refractivity contribution is 0.277. The molecule has 0 spiro atoms. The Kier molecular flexibility index (Phi) is 19.8. The molecule has 8 heteroatoms. The normalized spacial score (nSPS) is 14.6. The van der Waals surface area contributed by atoms with Crippen LogP contribution in [0, 0.1) is 0 Å². The Morgan fingerprint density at radius 1 is 1.04 bits per heavy atom. The maximum Gasteiger partial charge on any atom is 0.142 e.